The summed E-state index contributed by atoms with van der Waals surface area (Å²) in [6.07, 6.45) is 0.911. The summed E-state index contributed by atoms with van der Waals surface area (Å²) in [5, 5.41) is 0. The van der Waals surface area contributed by atoms with E-state index >= 15 is 0 Å². The Hall–Kier alpha value is -1.85. The Kier molecular flexibility index (Phi) is 2.88. The van der Waals surface area contributed by atoms with Crippen LogP contribution < -0.4 is 0 Å². The van der Waals surface area contributed by atoms with Gasteiger partial charge in [0.25, 0.3) is 0 Å². The number of hydrogen-bond acceptors (Lipinski definition) is 6. The van der Waals surface area contributed by atoms with Crippen LogP contribution in [0.5, 0.6) is 0 Å². The number of oxazole rings is 1. The smallest absolute Gasteiger partial charge is 0.376 e. The Labute approximate surface area is 104 Å². The van der Waals surface area contributed by atoms with E-state index in [2.05, 4.69) is 28.3 Å². The van der Waals surface area contributed by atoms with E-state index in [1.807, 2.05) is 0 Å². The highest BCUT2D eigenvalue weighted by Gasteiger charge is 2.50. The van der Waals surface area contributed by atoms with Crippen LogP contribution in [0.15, 0.2) is 4.42 Å². The summed E-state index contributed by atoms with van der Waals surface area (Å²) in [5.74, 6) is -1.11. The summed E-state index contributed by atoms with van der Waals surface area (Å²) in [5.41, 5.74) is -0.0342. The Balaban J connectivity index is 2.38. The van der Waals surface area contributed by atoms with Gasteiger partial charge in [-0.25, -0.2) is 14.6 Å². The minimum atomic E-state index is -0.729. The zero-order valence-electron chi connectivity index (χ0n) is 10.8. The molecule has 0 N–H and O–H groups in total. The van der Waals surface area contributed by atoms with E-state index in [4.69, 9.17) is 4.42 Å². The van der Waals surface area contributed by atoms with Crippen LogP contribution in [-0.4, -0.2) is 31.1 Å². The van der Waals surface area contributed by atoms with Crippen LogP contribution in [0.3, 0.4) is 0 Å². The quantitative estimate of drug-likeness (QED) is 0.764. The number of esters is 2. The molecule has 0 bridgehead atoms. The maximum atomic E-state index is 11.5. The second-order valence-electron chi connectivity index (χ2n) is 4.96. The number of aromatic nitrogens is 1. The van der Waals surface area contributed by atoms with Crippen LogP contribution in [0.1, 0.15) is 53.1 Å². The van der Waals surface area contributed by atoms with Gasteiger partial charge in [-0.1, -0.05) is 13.8 Å². The third kappa shape index (κ3) is 1.98. The molecule has 1 aliphatic carbocycles. The standard InChI is InChI=1S/C12H15NO5/c1-12(2)5-6(12)9-13-7(10(14)16-3)8(18-9)11(15)17-4/h6H,5H2,1-4H3. The second kappa shape index (κ2) is 4.12. The van der Waals surface area contributed by atoms with Crippen LogP contribution in [0, 0.1) is 5.41 Å². The molecule has 0 saturated heterocycles. The molecule has 0 spiro atoms. The van der Waals surface area contributed by atoms with Gasteiger partial charge >= 0.3 is 11.9 Å². The van der Waals surface area contributed by atoms with Crippen LogP contribution >= 0.6 is 0 Å². The van der Waals surface area contributed by atoms with Crippen molar-refractivity contribution in [3.05, 3.63) is 17.3 Å². The lowest BCUT2D eigenvalue weighted by Gasteiger charge is -1.97. The largest absolute Gasteiger partial charge is 0.464 e. The van der Waals surface area contributed by atoms with Crippen LogP contribution in [0.25, 0.3) is 0 Å². The summed E-state index contributed by atoms with van der Waals surface area (Å²) < 4.78 is 14.5. The minimum absolute atomic E-state index is 0.0889. The molecule has 1 unspecified atom stereocenters. The van der Waals surface area contributed by atoms with Crippen molar-refractivity contribution in [2.75, 3.05) is 14.2 Å². The van der Waals surface area contributed by atoms with Crippen molar-refractivity contribution in [2.24, 2.45) is 5.41 Å². The number of rotatable bonds is 3. The molecule has 6 nitrogen and oxygen atoms in total. The molecular weight excluding hydrogens is 238 g/mol. The van der Waals surface area contributed by atoms with Crippen LogP contribution in [-0.2, 0) is 9.47 Å². The molecule has 1 heterocycles. The van der Waals surface area contributed by atoms with Gasteiger partial charge < -0.3 is 13.9 Å². The molecule has 1 atom stereocenters. The maximum Gasteiger partial charge on any atom is 0.376 e. The minimum Gasteiger partial charge on any atom is -0.464 e. The van der Waals surface area contributed by atoms with Crippen molar-refractivity contribution in [3.63, 3.8) is 0 Å². The van der Waals surface area contributed by atoms with E-state index < -0.39 is 11.9 Å². The molecule has 1 aliphatic rings. The number of carbonyl (C=O) groups is 2. The average molecular weight is 253 g/mol. The Bertz CT molecular complexity index is 469. The lowest BCUT2D eigenvalue weighted by molar-refractivity contribution is 0.0525. The fourth-order valence-electron chi connectivity index (χ4n) is 1.84. The zero-order valence-corrected chi connectivity index (χ0v) is 10.8. The van der Waals surface area contributed by atoms with E-state index in [0.29, 0.717) is 5.89 Å². The summed E-state index contributed by atoms with van der Waals surface area (Å²) in [4.78, 5) is 27.1. The number of carbonyl (C=O) groups excluding carboxylic acids is 2. The van der Waals surface area contributed by atoms with Crippen LogP contribution in [0.2, 0.25) is 0 Å². The van der Waals surface area contributed by atoms with Gasteiger partial charge in [0, 0.05) is 5.92 Å². The fourth-order valence-corrected chi connectivity index (χ4v) is 1.84. The molecule has 18 heavy (non-hydrogen) atoms. The normalized spacial score (nSPS) is 20.3. The zero-order chi connectivity index (χ0) is 13.5. The van der Waals surface area contributed by atoms with Gasteiger partial charge in [-0.2, -0.15) is 0 Å². The van der Waals surface area contributed by atoms with Gasteiger partial charge in [-0.15, -0.1) is 0 Å². The van der Waals surface area contributed by atoms with Crippen molar-refractivity contribution in [1.29, 1.82) is 0 Å². The first-order valence-electron chi connectivity index (χ1n) is 5.58. The first-order chi connectivity index (χ1) is 8.40. The predicted octanol–water partition coefficient (Wildman–Crippen LogP) is 1.76. The van der Waals surface area contributed by atoms with Crippen LogP contribution in [0.4, 0.5) is 0 Å². The van der Waals surface area contributed by atoms with Gasteiger partial charge in [0.15, 0.2) is 5.89 Å². The first-order valence-corrected chi connectivity index (χ1v) is 5.58. The Morgan fingerprint density at radius 1 is 1.28 bits per heavy atom. The lowest BCUT2D eigenvalue weighted by atomic mass is 10.1. The predicted molar refractivity (Wildman–Crippen MR) is 60.3 cm³/mol. The van der Waals surface area contributed by atoms with Gasteiger partial charge in [0.2, 0.25) is 11.5 Å². The van der Waals surface area contributed by atoms with Gasteiger partial charge in [-0.3, -0.25) is 0 Å². The van der Waals surface area contributed by atoms with Crippen molar-refractivity contribution in [3.8, 4) is 0 Å². The average Bonchev–Trinajstić information content (AvgIpc) is 2.79. The van der Waals surface area contributed by atoms with Crippen molar-refractivity contribution in [2.45, 2.75) is 26.2 Å². The number of methoxy groups -OCH3 is 2. The molecule has 0 radical (unpaired) electrons. The highest BCUT2D eigenvalue weighted by Crippen LogP contribution is 2.58. The number of nitrogens with zero attached hydrogens (tertiary/aromatic N) is 1. The molecule has 1 saturated carbocycles. The number of ether oxygens (including phenoxy) is 2. The molecular formula is C12H15NO5. The highest BCUT2D eigenvalue weighted by molar-refractivity contribution is 5.99. The molecule has 0 aliphatic heterocycles. The van der Waals surface area contributed by atoms with Crippen molar-refractivity contribution < 1.29 is 23.5 Å². The molecule has 98 valence electrons. The summed E-state index contributed by atoms with van der Waals surface area (Å²) >= 11 is 0. The van der Waals surface area contributed by atoms with Gasteiger partial charge in [-0.05, 0) is 11.8 Å². The Morgan fingerprint density at radius 2 is 1.83 bits per heavy atom. The maximum absolute atomic E-state index is 11.5. The monoisotopic (exact) mass is 253 g/mol. The van der Waals surface area contributed by atoms with E-state index in [1.165, 1.54) is 14.2 Å². The summed E-state index contributed by atoms with van der Waals surface area (Å²) in [6, 6.07) is 0. The van der Waals surface area contributed by atoms with E-state index in [-0.39, 0.29) is 22.8 Å². The third-order valence-electron chi connectivity index (χ3n) is 3.20. The molecule has 1 fully saturated rings. The van der Waals surface area contributed by atoms with Gasteiger partial charge in [0.1, 0.15) is 0 Å². The van der Waals surface area contributed by atoms with Crippen molar-refractivity contribution >= 4 is 11.9 Å². The van der Waals surface area contributed by atoms with Gasteiger partial charge in [0.05, 0.1) is 14.2 Å². The fraction of sp³-hybridized carbons (Fsp3) is 0.583. The molecule has 0 amide bonds. The van der Waals surface area contributed by atoms with E-state index in [0.717, 1.165) is 6.42 Å². The SMILES string of the molecule is COC(=O)c1nc(C2CC2(C)C)oc1C(=O)OC. The molecule has 1 aromatic rings. The summed E-state index contributed by atoms with van der Waals surface area (Å²) in [7, 11) is 2.44. The highest BCUT2D eigenvalue weighted by atomic mass is 16.5. The third-order valence-corrected chi connectivity index (χ3v) is 3.20. The summed E-state index contributed by atoms with van der Waals surface area (Å²) in [6.45, 7) is 4.13. The topological polar surface area (TPSA) is 78.6 Å². The van der Waals surface area contributed by atoms with E-state index in [9.17, 15) is 9.59 Å². The van der Waals surface area contributed by atoms with E-state index in [1.54, 1.807) is 0 Å². The molecule has 1 aromatic heterocycles. The number of hydrogen-bond donors (Lipinski definition) is 0. The lowest BCUT2D eigenvalue weighted by Crippen LogP contribution is -2.10. The Morgan fingerprint density at radius 3 is 2.28 bits per heavy atom. The first kappa shape index (κ1) is 12.6. The molecule has 6 heteroatoms. The molecule has 0 aromatic carbocycles. The van der Waals surface area contributed by atoms with Crippen molar-refractivity contribution in [1.82, 2.24) is 4.98 Å². The second-order valence-corrected chi connectivity index (χ2v) is 4.96. The molecule has 2 rings (SSSR count).